The van der Waals surface area contributed by atoms with Crippen LogP contribution in [0.1, 0.15) is 38.8 Å². The Balaban J connectivity index is 2.06. The van der Waals surface area contributed by atoms with Crippen molar-refractivity contribution >= 4 is 17.9 Å². The summed E-state index contributed by atoms with van der Waals surface area (Å²) in [4.78, 5) is 44.4. The molecular weight excluding hydrogens is 502 g/mol. The smallest absolute Gasteiger partial charge is 0.407 e. The van der Waals surface area contributed by atoms with Crippen LogP contribution in [0, 0.1) is 0 Å². The molecule has 11 nitrogen and oxygen atoms in total. The average molecular weight is 544 g/mol. The van der Waals surface area contributed by atoms with E-state index in [-0.39, 0.29) is 38.1 Å². The Hall–Kier alpha value is -3.54. The van der Waals surface area contributed by atoms with Gasteiger partial charge in [-0.05, 0) is 51.0 Å². The van der Waals surface area contributed by atoms with Crippen LogP contribution < -0.4 is 16.4 Å². The van der Waals surface area contributed by atoms with Gasteiger partial charge in [0, 0.05) is 44.6 Å². The highest BCUT2D eigenvalue weighted by Gasteiger charge is 2.31. The summed E-state index contributed by atoms with van der Waals surface area (Å²) in [6.07, 6.45) is 2.17. The molecule has 3 amide bonds. The van der Waals surface area contributed by atoms with Gasteiger partial charge in [-0.1, -0.05) is 30.3 Å². The van der Waals surface area contributed by atoms with Gasteiger partial charge in [-0.25, -0.2) is 4.79 Å². The number of hydrogen-bond donors (Lipinski definition) is 3. The normalized spacial score (nSPS) is 12.6. The van der Waals surface area contributed by atoms with E-state index in [9.17, 15) is 14.4 Å². The number of nitrogens with two attached hydrogens (primary N) is 1. The summed E-state index contributed by atoms with van der Waals surface area (Å²) in [6, 6.07) is 10.6. The summed E-state index contributed by atoms with van der Waals surface area (Å²) in [7, 11) is 0. The largest absolute Gasteiger partial charge is 0.445 e. The maximum atomic E-state index is 13.7. The first kappa shape index (κ1) is 31.7. The third-order valence-corrected chi connectivity index (χ3v) is 5.78. The van der Waals surface area contributed by atoms with Gasteiger partial charge in [0.1, 0.15) is 18.7 Å². The zero-order valence-electron chi connectivity index (χ0n) is 23.2. The third kappa shape index (κ3) is 11.4. The number of ether oxygens (including phenoxy) is 3. The van der Waals surface area contributed by atoms with E-state index in [1.54, 1.807) is 29.4 Å². The van der Waals surface area contributed by atoms with Gasteiger partial charge in [0.05, 0.1) is 6.54 Å². The number of carbonyl (C=O) groups excluding carboxylic acids is 3. The van der Waals surface area contributed by atoms with Crippen LogP contribution >= 0.6 is 0 Å². The molecule has 0 bridgehead atoms. The van der Waals surface area contributed by atoms with E-state index in [2.05, 4.69) is 15.6 Å². The first-order valence-corrected chi connectivity index (χ1v) is 13.2. The molecular formula is C28H41N5O6. The fourth-order valence-electron chi connectivity index (χ4n) is 3.73. The predicted octanol–water partition coefficient (Wildman–Crippen LogP) is 2.00. The van der Waals surface area contributed by atoms with Crippen molar-refractivity contribution in [3.63, 3.8) is 0 Å². The van der Waals surface area contributed by atoms with Gasteiger partial charge in [-0.15, -0.1) is 0 Å². The summed E-state index contributed by atoms with van der Waals surface area (Å²) in [5.41, 5.74) is 7.70. The minimum atomic E-state index is -1.10. The maximum absolute atomic E-state index is 13.7. The zero-order chi connectivity index (χ0) is 28.6. The Morgan fingerprint density at radius 2 is 1.62 bits per heavy atom. The highest BCUT2D eigenvalue weighted by atomic mass is 16.7. The van der Waals surface area contributed by atoms with Gasteiger partial charge in [0.15, 0.2) is 6.29 Å². The molecule has 1 aromatic carbocycles. The van der Waals surface area contributed by atoms with Crippen LogP contribution in [0.2, 0.25) is 0 Å². The minimum Gasteiger partial charge on any atom is -0.445 e. The fraction of sp³-hybridized carbons (Fsp3) is 0.500. The van der Waals surface area contributed by atoms with Crippen molar-refractivity contribution in [3.05, 3.63) is 66.0 Å². The molecule has 0 fully saturated rings. The molecule has 4 N–H and O–H groups in total. The van der Waals surface area contributed by atoms with Crippen LogP contribution in [0.4, 0.5) is 4.79 Å². The highest BCUT2D eigenvalue weighted by Crippen LogP contribution is 2.11. The first-order valence-electron chi connectivity index (χ1n) is 13.2. The maximum Gasteiger partial charge on any atom is 0.407 e. The average Bonchev–Trinajstić information content (AvgIpc) is 2.93. The van der Waals surface area contributed by atoms with Crippen LogP contribution in [0.15, 0.2) is 54.9 Å². The molecule has 39 heavy (non-hydrogen) atoms. The molecule has 0 radical (unpaired) electrons. The number of alkyl carbamates (subject to hydrolysis) is 1. The van der Waals surface area contributed by atoms with E-state index in [4.69, 9.17) is 19.9 Å². The molecule has 0 aliphatic carbocycles. The monoisotopic (exact) mass is 543 g/mol. The lowest BCUT2D eigenvalue weighted by Gasteiger charge is -2.34. The van der Waals surface area contributed by atoms with E-state index >= 15 is 0 Å². The number of carbonyl (C=O) groups is 3. The quantitative estimate of drug-likeness (QED) is 0.273. The number of amides is 3. The molecule has 2 aromatic rings. The standard InChI is InChI=1S/C28H41N5O6/c1-5-37-25(38-6-2)18-33(20(3)4)27(35)24(16-21-12-14-30-15-13-21)32-26(34)23(29)17-31-28(36)39-19-22-10-8-7-9-11-22/h7-15,20,23-25H,5-6,16-19,29H2,1-4H3,(H,31,36)(H,32,34). The lowest BCUT2D eigenvalue weighted by atomic mass is 10.0. The molecule has 0 saturated heterocycles. The van der Waals surface area contributed by atoms with E-state index in [0.29, 0.717) is 13.2 Å². The number of hydrogen-bond acceptors (Lipinski definition) is 8. The molecule has 0 saturated carbocycles. The molecule has 2 atom stereocenters. The van der Waals surface area contributed by atoms with Gasteiger partial charge in [0.2, 0.25) is 11.8 Å². The predicted molar refractivity (Wildman–Crippen MR) is 146 cm³/mol. The Morgan fingerprint density at radius 1 is 0.974 bits per heavy atom. The fourth-order valence-corrected chi connectivity index (χ4v) is 3.73. The Kier molecular flexibility index (Phi) is 13.9. The summed E-state index contributed by atoms with van der Waals surface area (Å²) >= 11 is 0. The van der Waals surface area contributed by atoms with E-state index in [0.717, 1.165) is 11.1 Å². The van der Waals surface area contributed by atoms with Crippen LogP contribution in [0.25, 0.3) is 0 Å². The number of aromatic nitrogens is 1. The van der Waals surface area contributed by atoms with Crippen LogP contribution in [-0.4, -0.2) is 78.5 Å². The van der Waals surface area contributed by atoms with E-state index < -0.39 is 30.4 Å². The summed E-state index contributed by atoms with van der Waals surface area (Å²) < 4.78 is 16.5. The zero-order valence-corrected chi connectivity index (χ0v) is 23.2. The number of nitrogens with zero attached hydrogens (tertiary/aromatic N) is 2. The van der Waals surface area contributed by atoms with Crippen LogP contribution in [0.5, 0.6) is 0 Å². The van der Waals surface area contributed by atoms with Crippen molar-refractivity contribution in [1.29, 1.82) is 0 Å². The summed E-state index contributed by atoms with van der Waals surface area (Å²) in [6.45, 7) is 8.45. The minimum absolute atomic E-state index is 0.0894. The van der Waals surface area contributed by atoms with Gasteiger partial charge in [0.25, 0.3) is 0 Å². The number of rotatable bonds is 16. The number of nitrogens with one attached hydrogen (secondary N) is 2. The second kappa shape index (κ2) is 17.1. The molecule has 214 valence electrons. The topological polar surface area (TPSA) is 145 Å². The van der Waals surface area contributed by atoms with Gasteiger partial charge in [-0.2, -0.15) is 0 Å². The molecule has 2 rings (SSSR count). The van der Waals surface area contributed by atoms with Gasteiger partial charge >= 0.3 is 6.09 Å². The van der Waals surface area contributed by atoms with Crippen molar-refractivity contribution in [3.8, 4) is 0 Å². The molecule has 0 aliphatic rings. The molecule has 11 heteroatoms. The van der Waals surface area contributed by atoms with Crippen LogP contribution in [-0.2, 0) is 36.8 Å². The van der Waals surface area contributed by atoms with Crippen molar-refractivity contribution in [1.82, 2.24) is 20.5 Å². The van der Waals surface area contributed by atoms with Crippen LogP contribution in [0.3, 0.4) is 0 Å². The second-order valence-corrected chi connectivity index (χ2v) is 9.09. The highest BCUT2D eigenvalue weighted by molar-refractivity contribution is 5.90. The van der Waals surface area contributed by atoms with Gasteiger partial charge in [-0.3, -0.25) is 14.6 Å². The third-order valence-electron chi connectivity index (χ3n) is 5.78. The number of benzene rings is 1. The Labute approximate surface area is 230 Å². The molecule has 1 aromatic heterocycles. The van der Waals surface area contributed by atoms with E-state index in [1.807, 2.05) is 58.0 Å². The van der Waals surface area contributed by atoms with Gasteiger partial charge < -0.3 is 35.5 Å². The van der Waals surface area contributed by atoms with Crippen molar-refractivity contribution in [2.75, 3.05) is 26.3 Å². The number of pyridine rings is 1. The molecule has 1 heterocycles. The lowest BCUT2D eigenvalue weighted by Crippen LogP contribution is -2.57. The Bertz CT molecular complexity index is 1000. The second-order valence-electron chi connectivity index (χ2n) is 9.09. The molecule has 2 unspecified atom stereocenters. The lowest BCUT2D eigenvalue weighted by molar-refractivity contribution is -0.163. The summed E-state index contributed by atoms with van der Waals surface area (Å²) in [5.74, 6) is -0.886. The van der Waals surface area contributed by atoms with Crippen molar-refractivity contribution in [2.24, 2.45) is 5.73 Å². The summed E-state index contributed by atoms with van der Waals surface area (Å²) in [5, 5.41) is 5.27. The van der Waals surface area contributed by atoms with E-state index in [1.165, 1.54) is 0 Å². The SMILES string of the molecule is CCOC(CN(C(=O)C(Cc1ccncc1)NC(=O)C(N)CNC(=O)OCc1ccccc1)C(C)C)OCC. The Morgan fingerprint density at radius 3 is 2.21 bits per heavy atom. The van der Waals surface area contributed by atoms with Crippen molar-refractivity contribution in [2.45, 2.75) is 65.1 Å². The molecule has 0 spiro atoms. The van der Waals surface area contributed by atoms with Crippen molar-refractivity contribution < 1.29 is 28.6 Å². The first-order chi connectivity index (χ1) is 18.7. The molecule has 0 aliphatic heterocycles.